The summed E-state index contributed by atoms with van der Waals surface area (Å²) in [5, 5.41) is 24.9. The first-order valence-electron chi connectivity index (χ1n) is 12.1. The highest BCUT2D eigenvalue weighted by Crippen LogP contribution is 2.48. The topological polar surface area (TPSA) is 105 Å². The summed E-state index contributed by atoms with van der Waals surface area (Å²) >= 11 is 1.61. The van der Waals surface area contributed by atoms with Gasteiger partial charge in [-0.25, -0.2) is 9.59 Å². The summed E-state index contributed by atoms with van der Waals surface area (Å²) in [6.45, 7) is -3.26. The van der Waals surface area contributed by atoms with E-state index in [0.717, 1.165) is 21.2 Å². The predicted molar refractivity (Wildman–Crippen MR) is 121 cm³/mol. The minimum atomic E-state index is -2.71. The summed E-state index contributed by atoms with van der Waals surface area (Å²) in [7, 11) is 0. The van der Waals surface area contributed by atoms with Crippen LogP contribution < -0.4 is 4.90 Å². The van der Waals surface area contributed by atoms with Crippen molar-refractivity contribution in [1.82, 2.24) is 4.90 Å². The largest absolute Gasteiger partial charge is 0.478 e. The van der Waals surface area contributed by atoms with E-state index in [4.69, 9.17) is 18.4 Å². The van der Waals surface area contributed by atoms with E-state index in [-0.39, 0.29) is 12.5 Å². The lowest BCUT2D eigenvalue weighted by atomic mass is 10.1. The smallest absolute Gasteiger partial charge is 0.328 e. The molecule has 0 spiro atoms. The van der Waals surface area contributed by atoms with Crippen molar-refractivity contribution >= 4 is 35.1 Å². The zero-order valence-corrected chi connectivity index (χ0v) is 17.5. The van der Waals surface area contributed by atoms with Gasteiger partial charge in [-0.05, 0) is 50.2 Å². The van der Waals surface area contributed by atoms with Gasteiger partial charge in [0.2, 0.25) is 0 Å². The molecule has 162 valence electrons. The van der Waals surface area contributed by atoms with E-state index in [1.807, 2.05) is 48.2 Å². The number of fused-ring (bicyclic) bond motifs is 2. The minimum absolute atomic E-state index is 0.105. The van der Waals surface area contributed by atoms with Crippen molar-refractivity contribution in [2.24, 2.45) is 5.92 Å². The minimum Gasteiger partial charge on any atom is -0.478 e. The Morgan fingerprint density at radius 1 is 1.16 bits per heavy atom. The Hall–Kier alpha value is -3.28. The first-order valence-corrected chi connectivity index (χ1v) is 9.95. The normalized spacial score (nSPS) is 16.6. The molecule has 3 rings (SSSR count). The second-order valence-corrected chi connectivity index (χ2v) is 7.78. The molecular formula is C23H25N3O4S. The zero-order chi connectivity index (χ0) is 28.0. The third-order valence-corrected chi connectivity index (χ3v) is 5.24. The summed E-state index contributed by atoms with van der Waals surface area (Å²) in [5.41, 5.74) is 2.36. The van der Waals surface area contributed by atoms with E-state index in [9.17, 15) is 14.9 Å². The van der Waals surface area contributed by atoms with E-state index < -0.39 is 25.9 Å². The Bertz CT molecular complexity index is 1180. The van der Waals surface area contributed by atoms with Crippen LogP contribution in [0.5, 0.6) is 0 Å². The molecule has 8 heteroatoms. The number of benzene rings is 2. The molecule has 1 aliphatic rings. The fourth-order valence-corrected chi connectivity index (χ4v) is 4.00. The van der Waals surface area contributed by atoms with E-state index in [1.54, 1.807) is 17.8 Å². The number of nitrogens with zero attached hydrogens (tertiary/aromatic N) is 3. The molecule has 0 bridgehead atoms. The molecule has 1 unspecified atom stereocenters. The Balaban J connectivity index is 0.000000521. The molecule has 1 heterocycles. The summed E-state index contributed by atoms with van der Waals surface area (Å²) in [6.07, 6.45) is 1.12. The Morgan fingerprint density at radius 2 is 1.81 bits per heavy atom. The number of hydrogen-bond acceptors (Lipinski definition) is 6. The van der Waals surface area contributed by atoms with E-state index in [1.165, 1.54) is 0 Å². The summed E-state index contributed by atoms with van der Waals surface area (Å²) in [5.74, 6) is -2.77. The van der Waals surface area contributed by atoms with Crippen LogP contribution in [0.4, 0.5) is 11.4 Å². The number of carboxylic acid groups (broad SMARTS) is 2. The average Bonchev–Trinajstić information content (AvgIpc) is 2.80. The first-order chi connectivity index (χ1) is 17.1. The van der Waals surface area contributed by atoms with Crippen LogP contribution in [0, 0.1) is 17.2 Å². The molecule has 0 saturated carbocycles. The van der Waals surface area contributed by atoms with Gasteiger partial charge >= 0.3 is 11.9 Å². The molecule has 2 N–H and O–H groups in total. The third kappa shape index (κ3) is 7.17. The standard InChI is InChI=1S/C19H21N3S.C4H4O4/c1-14(12-21(2)3)13-22-16-6-4-5-7-18(16)23-19-9-8-15(11-20)10-17(19)22;5-3(6)1-2-4(7)8/h4-10,14H,12-13H2,1-3H3;1-2H,(H,5,6)(H,7,8)/b;2-1-/i2D3,3D3;. The van der Waals surface area contributed by atoms with E-state index in [2.05, 4.69) is 6.07 Å². The van der Waals surface area contributed by atoms with E-state index in [0.29, 0.717) is 29.2 Å². The Labute approximate surface area is 194 Å². The van der Waals surface area contributed by atoms with Crippen molar-refractivity contribution in [2.75, 3.05) is 31.9 Å². The van der Waals surface area contributed by atoms with Crippen LogP contribution in [0.2, 0.25) is 0 Å². The van der Waals surface area contributed by atoms with Gasteiger partial charge < -0.3 is 20.0 Å². The molecule has 0 radical (unpaired) electrons. The zero-order valence-electron chi connectivity index (χ0n) is 22.6. The molecule has 2 aromatic rings. The van der Waals surface area contributed by atoms with Crippen molar-refractivity contribution in [2.45, 2.75) is 16.7 Å². The fourth-order valence-electron chi connectivity index (χ4n) is 2.92. The number of carboxylic acids is 2. The Kier molecular flexibility index (Phi) is 5.93. The van der Waals surface area contributed by atoms with Crippen LogP contribution in [0.3, 0.4) is 0 Å². The number of anilines is 2. The predicted octanol–water partition coefficient (Wildman–Crippen LogP) is 4.07. The maximum absolute atomic E-state index is 9.55. The van der Waals surface area contributed by atoms with Crippen molar-refractivity contribution in [3.8, 4) is 6.07 Å². The SMILES string of the molecule is O=C(O)/C=C\C(=O)O.[2H]C([2H])([2H])N(CC(C)CN1c2ccccc2Sc2ccc(C#N)cc21)C([2H])([2H])[2H]. The summed E-state index contributed by atoms with van der Waals surface area (Å²) in [4.78, 5) is 23.8. The van der Waals surface area contributed by atoms with Gasteiger partial charge in [0.15, 0.2) is 0 Å². The van der Waals surface area contributed by atoms with Gasteiger partial charge in [-0.15, -0.1) is 0 Å². The van der Waals surface area contributed by atoms with Crippen molar-refractivity contribution in [3.05, 3.63) is 60.2 Å². The molecule has 31 heavy (non-hydrogen) atoms. The number of para-hydroxylation sites is 1. The molecule has 0 amide bonds. The van der Waals surface area contributed by atoms with Crippen LogP contribution in [0.25, 0.3) is 0 Å². The van der Waals surface area contributed by atoms with Gasteiger partial charge in [0.05, 0.1) is 23.0 Å². The van der Waals surface area contributed by atoms with Crippen LogP contribution in [-0.2, 0) is 9.59 Å². The molecular weight excluding hydrogens is 414 g/mol. The van der Waals surface area contributed by atoms with Crippen LogP contribution in [-0.4, -0.2) is 54.1 Å². The van der Waals surface area contributed by atoms with Gasteiger partial charge in [0.25, 0.3) is 0 Å². The molecule has 0 fully saturated rings. The highest BCUT2D eigenvalue weighted by Gasteiger charge is 2.24. The van der Waals surface area contributed by atoms with Gasteiger partial charge in [-0.1, -0.05) is 30.8 Å². The second-order valence-electron chi connectivity index (χ2n) is 6.70. The average molecular weight is 446 g/mol. The van der Waals surface area contributed by atoms with Crippen LogP contribution >= 0.6 is 11.8 Å². The maximum Gasteiger partial charge on any atom is 0.328 e. The summed E-state index contributed by atoms with van der Waals surface area (Å²) < 4.78 is 45.5. The lowest BCUT2D eigenvalue weighted by molar-refractivity contribution is -0.134. The van der Waals surface area contributed by atoms with Gasteiger partial charge in [0, 0.05) is 43.3 Å². The van der Waals surface area contributed by atoms with Crippen molar-refractivity contribution in [3.63, 3.8) is 0 Å². The highest BCUT2D eigenvalue weighted by atomic mass is 32.2. The monoisotopic (exact) mass is 445 g/mol. The van der Waals surface area contributed by atoms with Crippen molar-refractivity contribution in [1.29, 1.82) is 5.26 Å². The fraction of sp³-hybridized carbons (Fsp3) is 0.261. The number of rotatable bonds is 6. The molecule has 2 aromatic carbocycles. The molecule has 0 aromatic heterocycles. The molecule has 7 nitrogen and oxygen atoms in total. The molecule has 0 saturated heterocycles. The maximum atomic E-state index is 9.55. The van der Waals surface area contributed by atoms with Gasteiger partial charge in [0.1, 0.15) is 0 Å². The lowest BCUT2D eigenvalue weighted by Crippen LogP contribution is -2.31. The van der Waals surface area contributed by atoms with Crippen LogP contribution in [0.15, 0.2) is 64.4 Å². The number of aliphatic carboxylic acids is 2. The molecule has 1 atom stereocenters. The third-order valence-electron chi connectivity index (χ3n) is 4.11. The van der Waals surface area contributed by atoms with Crippen molar-refractivity contribution < 1.29 is 28.0 Å². The van der Waals surface area contributed by atoms with Crippen LogP contribution in [0.1, 0.15) is 20.7 Å². The number of carbonyl (C=O) groups is 2. The number of nitriles is 1. The van der Waals surface area contributed by atoms with Gasteiger partial charge in [-0.3, -0.25) is 0 Å². The summed E-state index contributed by atoms with van der Waals surface area (Å²) in [6, 6.07) is 15.5. The van der Waals surface area contributed by atoms with E-state index >= 15 is 0 Å². The Morgan fingerprint density at radius 3 is 2.42 bits per heavy atom. The second kappa shape index (κ2) is 11.2. The molecule has 1 aliphatic heterocycles. The number of hydrogen-bond donors (Lipinski definition) is 2. The van der Waals surface area contributed by atoms with Gasteiger partial charge in [-0.2, -0.15) is 5.26 Å². The molecule has 0 aliphatic carbocycles. The highest BCUT2D eigenvalue weighted by molar-refractivity contribution is 7.99. The first kappa shape index (κ1) is 16.4. The quantitative estimate of drug-likeness (QED) is 0.641. The lowest BCUT2D eigenvalue weighted by Gasteiger charge is -2.35.